The summed E-state index contributed by atoms with van der Waals surface area (Å²) in [6.07, 6.45) is 1.48. The third-order valence-electron chi connectivity index (χ3n) is 4.98. The lowest BCUT2D eigenvalue weighted by molar-refractivity contribution is 0.0423. The Balaban J connectivity index is 1.63. The molecule has 184 valence electrons. The first-order valence-corrected chi connectivity index (χ1v) is 13.8. The number of nitrogens with zero attached hydrogens (tertiary/aromatic N) is 2. The van der Waals surface area contributed by atoms with Gasteiger partial charge in [0.1, 0.15) is 23.2 Å². The highest BCUT2D eigenvalue weighted by Crippen LogP contribution is 2.42. The number of hydrogen-bond donors (Lipinski definition) is 1. The van der Waals surface area contributed by atoms with Crippen LogP contribution in [0.25, 0.3) is 26.3 Å². The average Bonchev–Trinajstić information content (AvgIpc) is 3.22. The Labute approximate surface area is 211 Å². The first kappa shape index (κ1) is 25.4. The summed E-state index contributed by atoms with van der Waals surface area (Å²) in [5.74, 6) is 0.794. The Morgan fingerprint density at radius 2 is 1.86 bits per heavy atom. The van der Waals surface area contributed by atoms with Gasteiger partial charge in [-0.25, -0.2) is 4.98 Å². The van der Waals surface area contributed by atoms with Gasteiger partial charge in [-0.05, 0) is 49.7 Å². The third-order valence-corrected chi connectivity index (χ3v) is 7.23. The number of aromatic nitrogens is 2. The molecule has 0 aliphatic rings. The second kappa shape index (κ2) is 9.76. The van der Waals surface area contributed by atoms with Crippen LogP contribution in [0.15, 0.2) is 59.7 Å². The van der Waals surface area contributed by atoms with Gasteiger partial charge in [0.25, 0.3) is 5.56 Å². The number of thiophene rings is 1. The molecule has 0 amide bonds. The number of methoxy groups -OCH3 is 1. The molecule has 0 aliphatic carbocycles. The average molecular weight is 535 g/mol. The normalized spacial score (nSPS) is 13.5. The first-order chi connectivity index (χ1) is 16.5. The lowest BCUT2D eigenvalue weighted by Gasteiger charge is -2.26. The molecule has 11 heteroatoms. The molecule has 1 unspecified atom stereocenters. The third kappa shape index (κ3) is 5.94. The summed E-state index contributed by atoms with van der Waals surface area (Å²) in [7, 11) is -2.19. The van der Waals surface area contributed by atoms with Crippen molar-refractivity contribution in [3.63, 3.8) is 0 Å². The Morgan fingerprint density at radius 3 is 2.51 bits per heavy atom. The molecule has 0 aliphatic heterocycles. The molecule has 0 spiro atoms. The number of rotatable bonds is 8. The molecule has 0 radical (unpaired) electrons. The number of fused-ring (bicyclic) bond motifs is 1. The number of hydrogen-bond acceptors (Lipinski definition) is 7. The minimum atomic E-state index is -3.68. The molecule has 0 saturated carbocycles. The van der Waals surface area contributed by atoms with Gasteiger partial charge in [0.15, 0.2) is 11.5 Å². The summed E-state index contributed by atoms with van der Waals surface area (Å²) in [6.45, 7) is 4.44. The fraction of sp³-hybridized carbons (Fsp3) is 0.250. The maximum atomic E-state index is 13.3. The van der Waals surface area contributed by atoms with Crippen LogP contribution >= 0.6 is 30.5 Å². The van der Waals surface area contributed by atoms with E-state index in [-0.39, 0.29) is 12.2 Å². The van der Waals surface area contributed by atoms with Crippen LogP contribution < -0.4 is 15.0 Å². The van der Waals surface area contributed by atoms with Crippen LogP contribution in [-0.4, -0.2) is 40.4 Å². The molecule has 4 rings (SSSR count). The summed E-state index contributed by atoms with van der Waals surface area (Å²) in [5.41, 5.74) is 0.924. The van der Waals surface area contributed by atoms with E-state index in [0.717, 1.165) is 17.1 Å². The van der Waals surface area contributed by atoms with Gasteiger partial charge in [-0.3, -0.25) is 18.5 Å². The molecular weight excluding hydrogens is 511 g/mol. The van der Waals surface area contributed by atoms with Gasteiger partial charge >= 0.3 is 7.60 Å². The van der Waals surface area contributed by atoms with Crippen LogP contribution in [-0.2, 0) is 9.09 Å². The standard InChI is InChI=1S/C24H24ClN2O6PS/c1-24(2,33-34(4,29)30)13-32-19-10-9-17(11-20(19)31-3)27-14-26-18-12-21(35-22(18)23(27)28)15-5-7-16(25)8-6-15/h5-12,14H,13H2,1-4H3,(H,29,30). The molecule has 8 nitrogen and oxygen atoms in total. The van der Waals surface area contributed by atoms with Crippen molar-refractivity contribution < 1.29 is 23.5 Å². The molecule has 0 bridgehead atoms. The van der Waals surface area contributed by atoms with Crippen molar-refractivity contribution in [1.82, 2.24) is 9.55 Å². The lowest BCUT2D eigenvalue weighted by atomic mass is 10.2. The van der Waals surface area contributed by atoms with Crippen LogP contribution in [0.1, 0.15) is 13.8 Å². The quantitative estimate of drug-likeness (QED) is 0.287. The molecule has 2 aromatic carbocycles. The van der Waals surface area contributed by atoms with Gasteiger partial charge < -0.3 is 14.4 Å². The maximum Gasteiger partial charge on any atom is 0.325 e. The van der Waals surface area contributed by atoms with E-state index in [0.29, 0.717) is 32.4 Å². The fourth-order valence-electron chi connectivity index (χ4n) is 3.51. The van der Waals surface area contributed by atoms with Gasteiger partial charge in [-0.15, -0.1) is 11.3 Å². The van der Waals surface area contributed by atoms with E-state index < -0.39 is 13.2 Å². The van der Waals surface area contributed by atoms with Gasteiger partial charge in [0.2, 0.25) is 0 Å². The van der Waals surface area contributed by atoms with E-state index in [2.05, 4.69) is 4.98 Å². The van der Waals surface area contributed by atoms with Crippen molar-refractivity contribution in [3.8, 4) is 27.6 Å². The van der Waals surface area contributed by atoms with Crippen LogP contribution in [0.5, 0.6) is 11.5 Å². The van der Waals surface area contributed by atoms with E-state index in [4.69, 9.17) is 25.6 Å². The summed E-state index contributed by atoms with van der Waals surface area (Å²) >= 11 is 7.35. The molecule has 1 N–H and O–H groups in total. The summed E-state index contributed by atoms with van der Waals surface area (Å²) in [5, 5.41) is 0.645. The summed E-state index contributed by atoms with van der Waals surface area (Å²) in [6, 6.07) is 14.4. The van der Waals surface area contributed by atoms with E-state index >= 15 is 0 Å². The van der Waals surface area contributed by atoms with Crippen molar-refractivity contribution in [3.05, 3.63) is 70.2 Å². The fourth-order valence-corrected chi connectivity index (χ4v) is 5.66. The number of benzene rings is 2. The van der Waals surface area contributed by atoms with Crippen molar-refractivity contribution >= 4 is 40.8 Å². The second-order valence-electron chi connectivity index (χ2n) is 8.53. The molecule has 4 aromatic rings. The van der Waals surface area contributed by atoms with E-state index in [1.165, 1.54) is 29.3 Å². The van der Waals surface area contributed by atoms with Gasteiger partial charge in [0.05, 0.1) is 18.3 Å². The minimum absolute atomic E-state index is 0.0111. The number of ether oxygens (including phenoxy) is 2. The predicted molar refractivity (Wildman–Crippen MR) is 139 cm³/mol. The van der Waals surface area contributed by atoms with Gasteiger partial charge in [-0.1, -0.05) is 23.7 Å². The van der Waals surface area contributed by atoms with E-state index in [1.807, 2.05) is 18.2 Å². The zero-order valence-electron chi connectivity index (χ0n) is 19.5. The van der Waals surface area contributed by atoms with Crippen LogP contribution in [0.3, 0.4) is 0 Å². The highest BCUT2D eigenvalue weighted by atomic mass is 35.5. The van der Waals surface area contributed by atoms with Crippen molar-refractivity contribution in [2.75, 3.05) is 20.4 Å². The zero-order valence-corrected chi connectivity index (χ0v) is 22.0. The molecule has 35 heavy (non-hydrogen) atoms. The van der Waals surface area contributed by atoms with Crippen molar-refractivity contribution in [2.24, 2.45) is 0 Å². The second-order valence-corrected chi connectivity index (χ2v) is 11.8. The van der Waals surface area contributed by atoms with Crippen LogP contribution in [0.2, 0.25) is 5.02 Å². The van der Waals surface area contributed by atoms with Gasteiger partial charge in [-0.2, -0.15) is 0 Å². The van der Waals surface area contributed by atoms with Crippen LogP contribution in [0.4, 0.5) is 0 Å². The molecule has 0 saturated heterocycles. The number of halogens is 1. The van der Waals surface area contributed by atoms with E-state index in [9.17, 15) is 14.3 Å². The SMILES string of the molecule is COc1cc(-n2cnc3cc(-c4ccc(Cl)cc4)sc3c2=O)ccc1OCC(C)(C)OP(C)(=O)O. The highest BCUT2D eigenvalue weighted by Gasteiger charge is 2.28. The Morgan fingerprint density at radius 1 is 1.14 bits per heavy atom. The first-order valence-electron chi connectivity index (χ1n) is 10.6. The summed E-state index contributed by atoms with van der Waals surface area (Å²) in [4.78, 5) is 28.2. The predicted octanol–water partition coefficient (Wildman–Crippen LogP) is 5.77. The van der Waals surface area contributed by atoms with Crippen molar-refractivity contribution in [2.45, 2.75) is 19.4 Å². The Bertz CT molecular complexity index is 1480. The monoisotopic (exact) mass is 534 g/mol. The Kier molecular flexibility index (Phi) is 7.09. The summed E-state index contributed by atoms with van der Waals surface area (Å²) < 4.78 is 30.0. The largest absolute Gasteiger partial charge is 0.493 e. The molecule has 2 heterocycles. The zero-order chi connectivity index (χ0) is 25.4. The minimum Gasteiger partial charge on any atom is -0.493 e. The van der Waals surface area contributed by atoms with Gasteiger partial charge in [0, 0.05) is 22.6 Å². The smallest absolute Gasteiger partial charge is 0.325 e. The molecular formula is C24H24ClN2O6PS. The molecule has 0 fully saturated rings. The highest BCUT2D eigenvalue weighted by molar-refractivity contribution is 7.51. The van der Waals surface area contributed by atoms with Crippen LogP contribution in [0, 0.1) is 0 Å². The van der Waals surface area contributed by atoms with E-state index in [1.54, 1.807) is 44.2 Å². The molecule has 2 aromatic heterocycles. The lowest BCUT2D eigenvalue weighted by Crippen LogP contribution is -2.31. The maximum absolute atomic E-state index is 13.3. The van der Waals surface area contributed by atoms with Crippen molar-refractivity contribution in [1.29, 1.82) is 0 Å². The Hall–Kier alpha value is -2.68. The molecule has 1 atom stereocenters. The topological polar surface area (TPSA) is 99.9 Å².